The monoisotopic (exact) mass is 157 g/mol. The van der Waals surface area contributed by atoms with Gasteiger partial charge in [0.05, 0.1) is 0 Å². The third-order valence-electron chi connectivity index (χ3n) is 1.41. The van der Waals surface area contributed by atoms with E-state index in [2.05, 4.69) is 5.10 Å². The molecule has 1 aromatic rings. The van der Waals surface area contributed by atoms with Crippen LogP contribution in [0.1, 0.15) is 6.42 Å². The number of aliphatic hydroxyl groups is 1. The first-order chi connectivity index (χ1) is 5.25. The average Bonchev–Trinajstić information content (AvgIpc) is 2.31. The lowest BCUT2D eigenvalue weighted by Gasteiger charge is -1.94. The zero-order valence-electron chi connectivity index (χ0n) is 6.40. The van der Waals surface area contributed by atoms with Gasteiger partial charge in [0.2, 0.25) is 0 Å². The van der Waals surface area contributed by atoms with E-state index in [1.807, 2.05) is 0 Å². The highest BCUT2D eigenvalue weighted by Crippen LogP contribution is 1.81. The molecule has 11 heavy (non-hydrogen) atoms. The van der Waals surface area contributed by atoms with Crippen LogP contribution in [0.25, 0.3) is 0 Å². The molecule has 1 N–H and O–H groups in total. The summed E-state index contributed by atoms with van der Waals surface area (Å²) in [6.45, 7) is 0.569. The van der Waals surface area contributed by atoms with E-state index in [1.165, 1.54) is 15.6 Å². The summed E-state index contributed by atoms with van der Waals surface area (Å²) in [6.07, 6.45) is 2.02. The second-order valence-electron chi connectivity index (χ2n) is 2.32. The highest BCUT2D eigenvalue weighted by atomic mass is 16.3. The van der Waals surface area contributed by atoms with Gasteiger partial charge >= 0.3 is 5.69 Å². The molecule has 5 heteroatoms. The van der Waals surface area contributed by atoms with E-state index < -0.39 is 0 Å². The molecule has 0 aliphatic heterocycles. The van der Waals surface area contributed by atoms with Crippen LogP contribution in [-0.2, 0) is 13.6 Å². The Morgan fingerprint density at radius 3 is 2.91 bits per heavy atom. The van der Waals surface area contributed by atoms with E-state index >= 15 is 0 Å². The van der Waals surface area contributed by atoms with Crippen LogP contribution in [0.3, 0.4) is 0 Å². The second kappa shape index (κ2) is 3.34. The van der Waals surface area contributed by atoms with Gasteiger partial charge in [0.25, 0.3) is 0 Å². The Hall–Kier alpha value is -1.10. The van der Waals surface area contributed by atoms with Crippen molar-refractivity contribution in [1.29, 1.82) is 0 Å². The summed E-state index contributed by atoms with van der Waals surface area (Å²) >= 11 is 0. The van der Waals surface area contributed by atoms with Crippen LogP contribution in [0, 0.1) is 0 Å². The Kier molecular flexibility index (Phi) is 2.43. The maximum atomic E-state index is 11.1. The van der Waals surface area contributed by atoms with Crippen molar-refractivity contribution in [2.75, 3.05) is 6.61 Å². The molecule has 0 aliphatic rings. The smallest absolute Gasteiger partial charge is 0.345 e. The SMILES string of the molecule is Cn1cnn(CCCO)c1=O. The lowest BCUT2D eigenvalue weighted by Crippen LogP contribution is -2.23. The Morgan fingerprint density at radius 2 is 2.45 bits per heavy atom. The van der Waals surface area contributed by atoms with Crippen molar-refractivity contribution < 1.29 is 5.11 Å². The fourth-order valence-electron chi connectivity index (χ4n) is 0.795. The molecule has 0 aliphatic carbocycles. The van der Waals surface area contributed by atoms with Gasteiger partial charge in [-0.2, -0.15) is 5.10 Å². The van der Waals surface area contributed by atoms with Gasteiger partial charge in [-0.3, -0.25) is 4.57 Å². The summed E-state index contributed by atoms with van der Waals surface area (Å²) in [5.74, 6) is 0. The first-order valence-electron chi connectivity index (χ1n) is 3.45. The van der Waals surface area contributed by atoms with Gasteiger partial charge in [-0.05, 0) is 6.42 Å². The number of nitrogens with zero attached hydrogens (tertiary/aromatic N) is 3. The zero-order valence-corrected chi connectivity index (χ0v) is 6.40. The minimum Gasteiger partial charge on any atom is -0.396 e. The average molecular weight is 157 g/mol. The lowest BCUT2D eigenvalue weighted by atomic mass is 10.5. The van der Waals surface area contributed by atoms with Crippen LogP contribution in [0.5, 0.6) is 0 Å². The molecular weight excluding hydrogens is 146 g/mol. The molecule has 5 nitrogen and oxygen atoms in total. The minimum atomic E-state index is -0.140. The minimum absolute atomic E-state index is 0.0863. The molecule has 1 aromatic heterocycles. The van der Waals surface area contributed by atoms with Gasteiger partial charge in [0.15, 0.2) is 0 Å². The predicted molar refractivity (Wildman–Crippen MR) is 39.2 cm³/mol. The summed E-state index contributed by atoms with van der Waals surface area (Å²) in [4.78, 5) is 11.1. The van der Waals surface area contributed by atoms with Crippen LogP contribution in [0.15, 0.2) is 11.1 Å². The topological polar surface area (TPSA) is 60.1 Å². The summed E-state index contributed by atoms with van der Waals surface area (Å²) in [6, 6.07) is 0. The van der Waals surface area contributed by atoms with Crippen LogP contribution in [0.4, 0.5) is 0 Å². The van der Waals surface area contributed by atoms with Gasteiger partial charge in [-0.25, -0.2) is 9.48 Å². The largest absolute Gasteiger partial charge is 0.396 e. The van der Waals surface area contributed by atoms with Crippen molar-refractivity contribution in [2.45, 2.75) is 13.0 Å². The highest BCUT2D eigenvalue weighted by molar-refractivity contribution is 4.64. The van der Waals surface area contributed by atoms with Gasteiger partial charge in [-0.15, -0.1) is 0 Å². The molecule has 1 rings (SSSR count). The summed E-state index contributed by atoms with van der Waals surface area (Å²) in [7, 11) is 1.64. The normalized spacial score (nSPS) is 10.4. The maximum Gasteiger partial charge on any atom is 0.345 e. The van der Waals surface area contributed by atoms with Gasteiger partial charge < -0.3 is 5.11 Å². The fraction of sp³-hybridized carbons (Fsp3) is 0.667. The molecule has 0 unspecified atom stereocenters. The van der Waals surface area contributed by atoms with Gasteiger partial charge in [-0.1, -0.05) is 0 Å². The van der Waals surface area contributed by atoms with E-state index in [-0.39, 0.29) is 12.3 Å². The molecule has 0 aromatic carbocycles. The Bertz CT molecular complexity index is 276. The first kappa shape index (κ1) is 8.00. The third-order valence-corrected chi connectivity index (χ3v) is 1.41. The van der Waals surface area contributed by atoms with Crippen LogP contribution >= 0.6 is 0 Å². The second-order valence-corrected chi connectivity index (χ2v) is 2.32. The Balaban J connectivity index is 2.71. The quantitative estimate of drug-likeness (QED) is 0.610. The fourth-order valence-corrected chi connectivity index (χ4v) is 0.795. The summed E-state index contributed by atoms with van der Waals surface area (Å²) in [5.41, 5.74) is -0.140. The predicted octanol–water partition coefficient (Wildman–Crippen LogP) is -1.04. The molecular formula is C6H11N3O2. The van der Waals surface area contributed by atoms with Crippen molar-refractivity contribution in [3.05, 3.63) is 16.8 Å². The van der Waals surface area contributed by atoms with Gasteiger partial charge in [0, 0.05) is 20.2 Å². The molecule has 0 saturated carbocycles. The molecule has 0 fully saturated rings. The Morgan fingerprint density at radius 1 is 1.73 bits per heavy atom. The van der Waals surface area contributed by atoms with E-state index in [1.54, 1.807) is 7.05 Å². The number of aryl methyl sites for hydroxylation is 2. The molecule has 0 radical (unpaired) electrons. The van der Waals surface area contributed by atoms with Crippen LogP contribution in [-0.4, -0.2) is 26.1 Å². The summed E-state index contributed by atoms with van der Waals surface area (Å²) < 4.78 is 2.73. The third kappa shape index (κ3) is 1.68. The molecule has 1 heterocycles. The molecule has 62 valence electrons. The van der Waals surface area contributed by atoms with Crippen molar-refractivity contribution in [3.63, 3.8) is 0 Å². The number of aromatic nitrogens is 3. The molecule has 0 bridgehead atoms. The van der Waals surface area contributed by atoms with Crippen molar-refractivity contribution >= 4 is 0 Å². The van der Waals surface area contributed by atoms with Crippen molar-refractivity contribution in [2.24, 2.45) is 7.05 Å². The zero-order chi connectivity index (χ0) is 8.27. The summed E-state index contributed by atoms with van der Waals surface area (Å²) in [5, 5.41) is 12.3. The van der Waals surface area contributed by atoms with Crippen molar-refractivity contribution in [3.8, 4) is 0 Å². The van der Waals surface area contributed by atoms with Crippen molar-refractivity contribution in [1.82, 2.24) is 14.3 Å². The van der Waals surface area contributed by atoms with E-state index in [0.29, 0.717) is 13.0 Å². The Labute approximate surface area is 63.9 Å². The van der Waals surface area contributed by atoms with Gasteiger partial charge in [0.1, 0.15) is 6.33 Å². The number of hydrogen-bond acceptors (Lipinski definition) is 3. The molecule has 0 spiro atoms. The number of hydrogen-bond donors (Lipinski definition) is 1. The van der Waals surface area contributed by atoms with E-state index in [9.17, 15) is 4.79 Å². The first-order valence-corrected chi connectivity index (χ1v) is 3.45. The van der Waals surface area contributed by atoms with Crippen LogP contribution < -0.4 is 5.69 Å². The maximum absolute atomic E-state index is 11.1. The highest BCUT2D eigenvalue weighted by Gasteiger charge is 1.98. The molecule has 0 atom stereocenters. The van der Waals surface area contributed by atoms with E-state index in [4.69, 9.17) is 5.11 Å². The van der Waals surface area contributed by atoms with E-state index in [0.717, 1.165) is 0 Å². The number of rotatable bonds is 3. The van der Waals surface area contributed by atoms with Crippen LogP contribution in [0.2, 0.25) is 0 Å². The number of aliphatic hydroxyl groups excluding tert-OH is 1. The standard InChI is InChI=1S/C6H11N3O2/c1-8-5-7-9(6(8)11)3-2-4-10/h5,10H,2-4H2,1H3. The molecule has 0 amide bonds. The molecule has 0 saturated heterocycles. The lowest BCUT2D eigenvalue weighted by molar-refractivity contribution is 0.276.